The first-order valence-corrected chi connectivity index (χ1v) is 20.4. The summed E-state index contributed by atoms with van der Waals surface area (Å²) in [7, 11) is 2.07. The monoisotopic (exact) mass is 774 g/mol. The topological polar surface area (TPSA) is 66.6 Å². The summed E-state index contributed by atoms with van der Waals surface area (Å²) in [6, 6.07) is 63.1. The van der Waals surface area contributed by atoms with Crippen molar-refractivity contribution in [2.24, 2.45) is 9.98 Å². The van der Waals surface area contributed by atoms with Gasteiger partial charge in [-0.2, -0.15) is 0 Å². The maximum Gasteiger partial charge on any atom is 0.163 e. The lowest BCUT2D eigenvalue weighted by molar-refractivity contribution is 0.383. The second-order valence-electron chi connectivity index (χ2n) is 15.7. The van der Waals surface area contributed by atoms with Gasteiger partial charge in [0.2, 0.25) is 0 Å². The van der Waals surface area contributed by atoms with Crippen LogP contribution in [0.5, 0.6) is 0 Å². The zero-order valence-corrected chi connectivity index (χ0v) is 33.5. The molecule has 288 valence electrons. The normalized spacial score (nSPS) is 17.5. The van der Waals surface area contributed by atoms with Gasteiger partial charge in [0.1, 0.15) is 17.8 Å². The fourth-order valence-corrected chi connectivity index (χ4v) is 8.04. The first-order valence-electron chi connectivity index (χ1n) is 20.4. The van der Waals surface area contributed by atoms with E-state index in [1.165, 1.54) is 21.9 Å². The maximum atomic E-state index is 5.11. The summed E-state index contributed by atoms with van der Waals surface area (Å²) in [6.07, 6.45) is 7.38. The van der Waals surface area contributed by atoms with Gasteiger partial charge in [-0.1, -0.05) is 188 Å². The van der Waals surface area contributed by atoms with Gasteiger partial charge in [-0.25, -0.2) is 24.9 Å². The molecule has 0 amide bonds. The Hall–Kier alpha value is -7.57. The lowest BCUT2D eigenvalue weighted by atomic mass is 9.79. The van der Waals surface area contributed by atoms with Gasteiger partial charge in [0.15, 0.2) is 17.5 Å². The highest BCUT2D eigenvalue weighted by atomic mass is 15.3. The Balaban J connectivity index is 0.918. The molecular weight excluding hydrogens is 733 g/mol. The molecular formula is C54H42N6. The summed E-state index contributed by atoms with van der Waals surface area (Å²) in [6.45, 7) is 2.21. The SMILES string of the molecule is CN1C(c2ccc(-c3ccc4ccc(C5=CCC(C)(c6nc(-c7ccccc7)nc(-c7ccccc7)n6)C=C5)cc4c3)cc2)=NC(c2ccccc2)=NC1c1ccccc1. The lowest BCUT2D eigenvalue weighted by Gasteiger charge is -2.32. The van der Waals surface area contributed by atoms with Crippen LogP contribution in [0, 0.1) is 0 Å². The number of nitrogens with zero attached hydrogens (tertiary/aromatic N) is 6. The Bertz CT molecular complexity index is 2900. The van der Waals surface area contributed by atoms with Crippen LogP contribution in [0.3, 0.4) is 0 Å². The quantitative estimate of drug-likeness (QED) is 0.154. The minimum absolute atomic E-state index is 0.185. The second kappa shape index (κ2) is 15.6. The third kappa shape index (κ3) is 7.24. The Morgan fingerprint density at radius 3 is 1.65 bits per heavy atom. The molecule has 1 aliphatic heterocycles. The maximum absolute atomic E-state index is 5.11. The molecule has 1 aromatic heterocycles. The van der Waals surface area contributed by atoms with Crippen LogP contribution in [0.4, 0.5) is 0 Å². The van der Waals surface area contributed by atoms with E-state index < -0.39 is 5.41 Å². The second-order valence-corrected chi connectivity index (χ2v) is 15.7. The van der Waals surface area contributed by atoms with Gasteiger partial charge in [-0.05, 0) is 64.1 Å². The van der Waals surface area contributed by atoms with E-state index in [1.54, 1.807) is 0 Å². The molecule has 10 rings (SSSR count). The molecule has 0 radical (unpaired) electrons. The minimum Gasteiger partial charge on any atom is -0.333 e. The number of allylic oxidation sites excluding steroid dienone is 4. The van der Waals surface area contributed by atoms with Crippen LogP contribution in [0.15, 0.2) is 210 Å². The summed E-state index contributed by atoms with van der Waals surface area (Å²) in [5, 5.41) is 2.40. The predicted molar refractivity (Wildman–Crippen MR) is 246 cm³/mol. The summed E-state index contributed by atoms with van der Waals surface area (Å²) in [5.74, 6) is 3.75. The average molecular weight is 775 g/mol. The van der Waals surface area contributed by atoms with Crippen LogP contribution in [0.2, 0.25) is 0 Å². The molecule has 2 atom stereocenters. The standard InChI is InChI=1S/C54H42N6/c1-54(53-58-48(40-15-7-3-8-16-40)55-49(59-53)41-17-9-4-10-18-41)33-31-39(32-34-54)46-30-26-38-25-29-45(35-47(38)36-46)37-23-27-44(28-24-37)52-57-50(42-19-11-5-12-20-42)56-51(60(52)2)43-21-13-6-14-22-43/h3-33,35-36,51H,34H2,1-2H3. The minimum atomic E-state index is -0.397. The predicted octanol–water partition coefficient (Wildman–Crippen LogP) is 12.2. The summed E-state index contributed by atoms with van der Waals surface area (Å²) in [5.41, 5.74) is 9.40. The van der Waals surface area contributed by atoms with Crippen molar-refractivity contribution >= 4 is 28.0 Å². The molecule has 60 heavy (non-hydrogen) atoms. The Morgan fingerprint density at radius 2 is 1.05 bits per heavy atom. The van der Waals surface area contributed by atoms with Crippen LogP contribution in [0.1, 0.15) is 47.6 Å². The van der Waals surface area contributed by atoms with E-state index in [0.717, 1.165) is 62.9 Å². The highest BCUT2D eigenvalue weighted by molar-refractivity contribution is 6.13. The van der Waals surface area contributed by atoms with Crippen molar-refractivity contribution in [3.63, 3.8) is 0 Å². The zero-order chi connectivity index (χ0) is 40.5. The Kier molecular flexibility index (Phi) is 9.58. The van der Waals surface area contributed by atoms with Crippen molar-refractivity contribution in [2.75, 3.05) is 7.05 Å². The fraction of sp³-hybridized carbons (Fsp3) is 0.0926. The molecule has 0 N–H and O–H groups in total. The van der Waals surface area contributed by atoms with E-state index in [9.17, 15) is 0 Å². The molecule has 8 aromatic rings. The molecule has 6 nitrogen and oxygen atoms in total. The van der Waals surface area contributed by atoms with Crippen LogP contribution in [-0.4, -0.2) is 38.6 Å². The third-order valence-corrected chi connectivity index (χ3v) is 11.5. The molecule has 0 bridgehead atoms. The van der Waals surface area contributed by atoms with Gasteiger partial charge >= 0.3 is 0 Å². The van der Waals surface area contributed by atoms with E-state index in [-0.39, 0.29) is 6.17 Å². The van der Waals surface area contributed by atoms with E-state index in [1.807, 2.05) is 60.7 Å². The van der Waals surface area contributed by atoms with Crippen molar-refractivity contribution in [3.8, 4) is 33.9 Å². The number of aliphatic imine (C=N–C) groups is 2. The Labute approximate surface area is 350 Å². The van der Waals surface area contributed by atoms with Crippen LogP contribution >= 0.6 is 0 Å². The first kappa shape index (κ1) is 36.7. The Morgan fingerprint density at radius 1 is 0.517 bits per heavy atom. The van der Waals surface area contributed by atoms with Gasteiger partial charge in [-0.3, -0.25) is 0 Å². The summed E-state index contributed by atoms with van der Waals surface area (Å²) >= 11 is 0. The van der Waals surface area contributed by atoms with Crippen LogP contribution in [0.25, 0.3) is 50.2 Å². The number of amidine groups is 2. The number of hydrogen-bond donors (Lipinski definition) is 0. The average Bonchev–Trinajstić information content (AvgIpc) is 3.32. The first-order chi connectivity index (χ1) is 29.5. The van der Waals surface area contributed by atoms with Gasteiger partial charge in [0.25, 0.3) is 0 Å². The molecule has 0 saturated heterocycles. The van der Waals surface area contributed by atoms with Crippen molar-refractivity contribution in [3.05, 3.63) is 228 Å². The highest BCUT2D eigenvalue weighted by Gasteiger charge is 2.31. The zero-order valence-electron chi connectivity index (χ0n) is 33.5. The van der Waals surface area contributed by atoms with E-state index in [4.69, 9.17) is 24.9 Å². The molecule has 7 aromatic carbocycles. The van der Waals surface area contributed by atoms with Crippen molar-refractivity contribution in [1.82, 2.24) is 19.9 Å². The highest BCUT2D eigenvalue weighted by Crippen LogP contribution is 2.37. The summed E-state index contributed by atoms with van der Waals surface area (Å²) < 4.78 is 0. The largest absolute Gasteiger partial charge is 0.333 e. The van der Waals surface area contributed by atoms with Crippen molar-refractivity contribution in [1.29, 1.82) is 0 Å². The molecule has 6 heteroatoms. The van der Waals surface area contributed by atoms with E-state index >= 15 is 0 Å². The fourth-order valence-electron chi connectivity index (χ4n) is 8.04. The van der Waals surface area contributed by atoms with E-state index in [2.05, 4.69) is 158 Å². The van der Waals surface area contributed by atoms with Crippen LogP contribution < -0.4 is 0 Å². The van der Waals surface area contributed by atoms with Crippen molar-refractivity contribution in [2.45, 2.75) is 24.9 Å². The smallest absolute Gasteiger partial charge is 0.163 e. The number of benzene rings is 7. The van der Waals surface area contributed by atoms with E-state index in [0.29, 0.717) is 11.6 Å². The third-order valence-electron chi connectivity index (χ3n) is 11.5. The molecule has 0 saturated carbocycles. The number of hydrogen-bond acceptors (Lipinski definition) is 6. The van der Waals surface area contributed by atoms with Gasteiger partial charge in [-0.15, -0.1) is 0 Å². The molecule has 2 aliphatic rings. The molecule has 0 spiro atoms. The molecule has 2 unspecified atom stereocenters. The van der Waals surface area contributed by atoms with Crippen molar-refractivity contribution < 1.29 is 0 Å². The lowest BCUT2D eigenvalue weighted by Crippen LogP contribution is -2.35. The number of rotatable bonds is 8. The number of aromatic nitrogens is 3. The molecule has 2 heterocycles. The molecule has 1 aliphatic carbocycles. The number of fused-ring (bicyclic) bond motifs is 1. The molecule has 0 fully saturated rings. The van der Waals surface area contributed by atoms with Crippen LogP contribution in [-0.2, 0) is 5.41 Å². The van der Waals surface area contributed by atoms with Gasteiger partial charge in [0, 0.05) is 34.7 Å². The summed E-state index contributed by atoms with van der Waals surface area (Å²) in [4.78, 5) is 27.4. The van der Waals surface area contributed by atoms with Gasteiger partial charge < -0.3 is 4.90 Å². The van der Waals surface area contributed by atoms with Gasteiger partial charge in [0.05, 0.1) is 0 Å².